The van der Waals surface area contributed by atoms with E-state index in [0.29, 0.717) is 11.4 Å². The summed E-state index contributed by atoms with van der Waals surface area (Å²) in [6.45, 7) is 1.86. The third kappa shape index (κ3) is 7.88. The zero-order valence-electron chi connectivity index (χ0n) is 14.7. The zero-order valence-corrected chi connectivity index (χ0v) is 17.1. The highest BCUT2D eigenvalue weighted by atomic mass is 79.9. The molecule has 1 heterocycles. The molecule has 0 saturated heterocycles. The van der Waals surface area contributed by atoms with Gasteiger partial charge in [0.05, 0.1) is 24.3 Å². The van der Waals surface area contributed by atoms with Gasteiger partial charge in [-0.25, -0.2) is 0 Å². The summed E-state index contributed by atoms with van der Waals surface area (Å²) in [7, 11) is 0. The summed E-state index contributed by atoms with van der Waals surface area (Å²) in [5, 5.41) is 8.03. The second-order valence-electron chi connectivity index (χ2n) is 5.64. The molecule has 144 valence electrons. The number of benzene rings is 1. The van der Waals surface area contributed by atoms with Crippen LogP contribution in [-0.2, 0) is 20.9 Å². The average molecular weight is 454 g/mol. The molecule has 0 aliphatic heterocycles. The van der Waals surface area contributed by atoms with E-state index in [1.54, 1.807) is 31.2 Å². The molecule has 0 bridgehead atoms. The van der Waals surface area contributed by atoms with E-state index in [1.807, 2.05) is 12.1 Å². The monoisotopic (exact) mass is 453 g/mol. The summed E-state index contributed by atoms with van der Waals surface area (Å²) < 4.78 is 5.99. The Labute approximate surface area is 169 Å². The van der Waals surface area contributed by atoms with Crippen LogP contribution in [0.4, 0.5) is 5.69 Å². The van der Waals surface area contributed by atoms with Crippen molar-refractivity contribution in [2.45, 2.75) is 19.5 Å². The smallest absolute Gasteiger partial charge is 0.242 e. The number of carbonyl (C=O) groups is 3. The number of rotatable bonds is 9. The lowest BCUT2D eigenvalue weighted by Crippen LogP contribution is -2.45. The molecule has 1 aromatic heterocycles. The predicted octanol–water partition coefficient (Wildman–Crippen LogP) is 2.53. The zero-order chi connectivity index (χ0) is 19.6. The van der Waals surface area contributed by atoms with Gasteiger partial charge in [0.15, 0.2) is 0 Å². The molecule has 0 aliphatic rings. The van der Waals surface area contributed by atoms with Gasteiger partial charge in [0.1, 0.15) is 11.8 Å². The Morgan fingerprint density at radius 3 is 2.63 bits per heavy atom. The molecule has 0 spiro atoms. The number of halogens is 1. The van der Waals surface area contributed by atoms with Crippen molar-refractivity contribution >= 4 is 51.1 Å². The van der Waals surface area contributed by atoms with Crippen molar-refractivity contribution in [1.29, 1.82) is 0 Å². The molecule has 0 saturated carbocycles. The van der Waals surface area contributed by atoms with Crippen LogP contribution in [0.2, 0.25) is 0 Å². The second-order valence-corrected chi connectivity index (χ2v) is 7.54. The minimum absolute atomic E-state index is 0.0850. The van der Waals surface area contributed by atoms with Crippen LogP contribution in [0.5, 0.6) is 0 Å². The first-order chi connectivity index (χ1) is 12.9. The maximum absolute atomic E-state index is 11.9. The molecule has 27 heavy (non-hydrogen) atoms. The van der Waals surface area contributed by atoms with E-state index in [1.165, 1.54) is 18.0 Å². The number of thioether (sulfide) groups is 1. The Bertz CT molecular complexity index is 783. The van der Waals surface area contributed by atoms with Gasteiger partial charge in [-0.3, -0.25) is 14.4 Å². The average Bonchev–Trinajstić information content (AvgIpc) is 3.13. The molecule has 0 aliphatic carbocycles. The van der Waals surface area contributed by atoms with Crippen molar-refractivity contribution in [3.63, 3.8) is 0 Å². The molecule has 9 heteroatoms. The topological polar surface area (TPSA) is 100 Å². The van der Waals surface area contributed by atoms with Crippen molar-refractivity contribution < 1.29 is 18.8 Å². The molecule has 1 atom stereocenters. The quantitative estimate of drug-likeness (QED) is 0.541. The summed E-state index contributed by atoms with van der Waals surface area (Å²) >= 11 is 4.51. The van der Waals surface area contributed by atoms with Gasteiger partial charge >= 0.3 is 0 Å². The Kier molecular flexibility index (Phi) is 8.41. The van der Waals surface area contributed by atoms with Gasteiger partial charge in [0.25, 0.3) is 0 Å². The summed E-state index contributed by atoms with van der Waals surface area (Å²) in [4.78, 5) is 35.7. The molecule has 3 N–H and O–H groups in total. The largest absolute Gasteiger partial charge is 0.467 e. The minimum Gasteiger partial charge on any atom is -0.467 e. The highest BCUT2D eigenvalue weighted by molar-refractivity contribution is 9.10. The van der Waals surface area contributed by atoms with E-state index in [-0.39, 0.29) is 35.8 Å². The first-order valence-corrected chi connectivity index (χ1v) is 10.1. The molecule has 2 aromatic rings. The fraction of sp³-hybridized carbons (Fsp3) is 0.278. The van der Waals surface area contributed by atoms with E-state index in [0.717, 1.165) is 4.47 Å². The second kappa shape index (κ2) is 10.8. The van der Waals surface area contributed by atoms with Crippen molar-refractivity contribution in [3.8, 4) is 0 Å². The molecule has 1 unspecified atom stereocenters. The van der Waals surface area contributed by atoms with Crippen molar-refractivity contribution in [2.75, 3.05) is 16.8 Å². The molecular formula is C18H20BrN3O4S. The fourth-order valence-corrected chi connectivity index (χ4v) is 3.12. The van der Waals surface area contributed by atoms with Gasteiger partial charge in [0.2, 0.25) is 17.7 Å². The van der Waals surface area contributed by atoms with Gasteiger partial charge in [-0.15, -0.1) is 11.8 Å². The lowest BCUT2D eigenvalue weighted by atomic mass is 10.3. The predicted molar refractivity (Wildman–Crippen MR) is 108 cm³/mol. The summed E-state index contributed by atoms with van der Waals surface area (Å²) in [5.41, 5.74) is 0.682. The maximum Gasteiger partial charge on any atom is 0.242 e. The van der Waals surface area contributed by atoms with Gasteiger partial charge in [0, 0.05) is 10.2 Å². The van der Waals surface area contributed by atoms with Crippen LogP contribution in [-0.4, -0.2) is 35.3 Å². The standard InChI is InChI=1S/C18H20BrN3O4S/c1-12(18(25)20-9-15-6-3-7-26-15)21-16(23)10-27-11-17(24)22-14-5-2-4-13(19)8-14/h2-8,12H,9-11H2,1H3,(H,20,25)(H,21,23)(H,22,24). The molecule has 3 amide bonds. The van der Waals surface area contributed by atoms with Crippen molar-refractivity contribution in [2.24, 2.45) is 0 Å². The van der Waals surface area contributed by atoms with Gasteiger partial charge in [-0.1, -0.05) is 22.0 Å². The lowest BCUT2D eigenvalue weighted by molar-refractivity contribution is -0.127. The van der Waals surface area contributed by atoms with Gasteiger partial charge in [-0.2, -0.15) is 0 Å². The highest BCUT2D eigenvalue weighted by Gasteiger charge is 2.16. The van der Waals surface area contributed by atoms with Crippen molar-refractivity contribution in [1.82, 2.24) is 10.6 Å². The molecule has 1 aromatic carbocycles. The Morgan fingerprint density at radius 1 is 1.15 bits per heavy atom. The fourth-order valence-electron chi connectivity index (χ4n) is 2.09. The number of hydrogen-bond donors (Lipinski definition) is 3. The third-order valence-corrected chi connectivity index (χ3v) is 4.79. The molecule has 0 fully saturated rings. The van der Waals surface area contributed by atoms with E-state index < -0.39 is 6.04 Å². The van der Waals surface area contributed by atoms with E-state index in [2.05, 4.69) is 31.9 Å². The normalized spacial score (nSPS) is 11.5. The van der Waals surface area contributed by atoms with Crippen LogP contribution < -0.4 is 16.0 Å². The molecule has 0 radical (unpaired) electrons. The first kappa shape index (κ1) is 21.0. The Morgan fingerprint density at radius 2 is 1.93 bits per heavy atom. The van der Waals surface area contributed by atoms with Crippen LogP contribution in [0.3, 0.4) is 0 Å². The Hall–Kier alpha value is -2.26. The lowest BCUT2D eigenvalue weighted by Gasteiger charge is -2.13. The number of amides is 3. The first-order valence-electron chi connectivity index (χ1n) is 8.16. The highest BCUT2D eigenvalue weighted by Crippen LogP contribution is 2.15. The molecule has 2 rings (SSSR count). The Balaban J connectivity index is 1.63. The van der Waals surface area contributed by atoms with Crippen LogP contribution in [0, 0.1) is 0 Å². The van der Waals surface area contributed by atoms with Crippen molar-refractivity contribution in [3.05, 3.63) is 52.9 Å². The van der Waals surface area contributed by atoms with E-state index in [4.69, 9.17) is 4.42 Å². The molecule has 7 nitrogen and oxygen atoms in total. The summed E-state index contributed by atoms with van der Waals surface area (Å²) in [6.07, 6.45) is 1.52. The number of nitrogens with one attached hydrogen (secondary N) is 3. The number of furan rings is 1. The van der Waals surface area contributed by atoms with Crippen LogP contribution in [0.15, 0.2) is 51.6 Å². The third-order valence-electron chi connectivity index (χ3n) is 3.36. The van der Waals surface area contributed by atoms with Gasteiger partial charge in [-0.05, 0) is 37.3 Å². The number of hydrogen-bond acceptors (Lipinski definition) is 5. The number of carbonyl (C=O) groups excluding carboxylic acids is 3. The van der Waals surface area contributed by atoms with Crippen LogP contribution >= 0.6 is 27.7 Å². The minimum atomic E-state index is -0.677. The summed E-state index contributed by atoms with van der Waals surface area (Å²) in [6, 6.07) is 10.1. The van der Waals surface area contributed by atoms with E-state index in [9.17, 15) is 14.4 Å². The van der Waals surface area contributed by atoms with Crippen LogP contribution in [0.1, 0.15) is 12.7 Å². The number of anilines is 1. The van der Waals surface area contributed by atoms with E-state index >= 15 is 0 Å². The van der Waals surface area contributed by atoms with Gasteiger partial charge < -0.3 is 20.4 Å². The van der Waals surface area contributed by atoms with Crippen LogP contribution in [0.25, 0.3) is 0 Å². The SMILES string of the molecule is CC(NC(=O)CSCC(=O)Nc1cccc(Br)c1)C(=O)NCc1ccco1. The molecular weight excluding hydrogens is 434 g/mol. The maximum atomic E-state index is 11.9. The summed E-state index contributed by atoms with van der Waals surface area (Å²) in [5.74, 6) is 0.0397.